The van der Waals surface area contributed by atoms with Crippen molar-refractivity contribution in [1.29, 1.82) is 0 Å². The minimum atomic E-state index is 0.429. The van der Waals surface area contributed by atoms with Crippen LogP contribution >= 0.6 is 0 Å². The summed E-state index contributed by atoms with van der Waals surface area (Å²) in [4.78, 5) is 0. The van der Waals surface area contributed by atoms with Crippen molar-refractivity contribution in [2.75, 3.05) is 6.61 Å². The SMILES string of the molecule is C[C@]12CC[C@@H]3C4=C(CCCC4)CC[C@H]3[C@H]1CC[C@H]2CO. The molecule has 0 bridgehead atoms. The van der Waals surface area contributed by atoms with Gasteiger partial charge in [0.05, 0.1) is 0 Å². The Hall–Kier alpha value is -0.300. The molecule has 2 saturated carbocycles. The van der Waals surface area contributed by atoms with Gasteiger partial charge in [0, 0.05) is 6.61 Å². The first-order valence-electron chi connectivity index (χ1n) is 9.05. The lowest BCUT2D eigenvalue weighted by molar-refractivity contribution is -0.00280. The van der Waals surface area contributed by atoms with Crippen molar-refractivity contribution in [3.63, 3.8) is 0 Å². The van der Waals surface area contributed by atoms with E-state index >= 15 is 0 Å². The molecule has 0 spiro atoms. The molecule has 0 amide bonds. The quantitative estimate of drug-likeness (QED) is 0.687. The third kappa shape index (κ3) is 1.78. The highest BCUT2D eigenvalue weighted by molar-refractivity contribution is 5.26. The number of hydrogen-bond donors (Lipinski definition) is 1. The fraction of sp³-hybridized carbons (Fsp3) is 0.895. The van der Waals surface area contributed by atoms with Crippen LogP contribution in [0, 0.1) is 29.1 Å². The summed E-state index contributed by atoms with van der Waals surface area (Å²) in [6, 6.07) is 0. The van der Waals surface area contributed by atoms with Crippen molar-refractivity contribution < 1.29 is 5.11 Å². The van der Waals surface area contributed by atoms with Gasteiger partial charge in [0.1, 0.15) is 0 Å². The molecule has 4 aliphatic rings. The minimum Gasteiger partial charge on any atom is -0.396 e. The van der Waals surface area contributed by atoms with Gasteiger partial charge in [-0.15, -0.1) is 0 Å². The molecule has 0 aromatic heterocycles. The number of fused-ring (bicyclic) bond motifs is 4. The number of aliphatic hydroxyl groups excluding tert-OH is 1. The van der Waals surface area contributed by atoms with Crippen LogP contribution in [0.5, 0.6) is 0 Å². The molecule has 2 fully saturated rings. The van der Waals surface area contributed by atoms with E-state index in [2.05, 4.69) is 6.92 Å². The van der Waals surface area contributed by atoms with Gasteiger partial charge in [0.2, 0.25) is 0 Å². The highest BCUT2D eigenvalue weighted by Gasteiger charge is 2.54. The van der Waals surface area contributed by atoms with Crippen LogP contribution in [0.25, 0.3) is 0 Å². The summed E-state index contributed by atoms with van der Waals surface area (Å²) >= 11 is 0. The summed E-state index contributed by atoms with van der Waals surface area (Å²) in [6.07, 6.45) is 14.1. The molecule has 0 unspecified atom stereocenters. The normalized spacial score (nSPS) is 47.7. The lowest BCUT2D eigenvalue weighted by Gasteiger charge is -2.52. The Kier molecular flexibility index (Phi) is 3.25. The zero-order valence-corrected chi connectivity index (χ0v) is 13.0. The molecular formula is C19H30O. The molecule has 0 heterocycles. The van der Waals surface area contributed by atoms with Gasteiger partial charge < -0.3 is 5.11 Å². The van der Waals surface area contributed by atoms with Gasteiger partial charge in [0.15, 0.2) is 0 Å². The Bertz CT molecular complexity index is 423. The van der Waals surface area contributed by atoms with E-state index in [1.54, 1.807) is 0 Å². The van der Waals surface area contributed by atoms with Crippen molar-refractivity contribution in [2.45, 2.75) is 71.1 Å². The van der Waals surface area contributed by atoms with E-state index in [1.165, 1.54) is 64.2 Å². The van der Waals surface area contributed by atoms with Gasteiger partial charge in [0.25, 0.3) is 0 Å². The summed E-state index contributed by atoms with van der Waals surface area (Å²) in [7, 11) is 0. The summed E-state index contributed by atoms with van der Waals surface area (Å²) < 4.78 is 0. The predicted molar refractivity (Wildman–Crippen MR) is 82.3 cm³/mol. The van der Waals surface area contributed by atoms with E-state index < -0.39 is 0 Å². The summed E-state index contributed by atoms with van der Waals surface area (Å²) in [5.74, 6) is 3.40. The molecule has 0 saturated heterocycles. The lowest BCUT2D eigenvalue weighted by atomic mass is 9.53. The molecule has 112 valence electrons. The molecule has 0 aromatic carbocycles. The van der Waals surface area contributed by atoms with Crippen molar-refractivity contribution in [3.8, 4) is 0 Å². The van der Waals surface area contributed by atoms with Crippen LogP contribution in [-0.2, 0) is 0 Å². The molecule has 1 heteroatoms. The van der Waals surface area contributed by atoms with Gasteiger partial charge in [-0.1, -0.05) is 18.1 Å². The van der Waals surface area contributed by atoms with Crippen LogP contribution in [-0.4, -0.2) is 11.7 Å². The van der Waals surface area contributed by atoms with E-state index in [9.17, 15) is 5.11 Å². The average Bonchev–Trinajstić information content (AvgIpc) is 2.83. The van der Waals surface area contributed by atoms with Crippen molar-refractivity contribution >= 4 is 0 Å². The number of aliphatic hydroxyl groups is 1. The Labute approximate surface area is 123 Å². The van der Waals surface area contributed by atoms with Gasteiger partial charge in [-0.25, -0.2) is 0 Å². The van der Waals surface area contributed by atoms with Crippen LogP contribution in [0.15, 0.2) is 11.1 Å². The van der Waals surface area contributed by atoms with Crippen LogP contribution in [0.4, 0.5) is 0 Å². The maximum atomic E-state index is 9.74. The Morgan fingerprint density at radius 3 is 2.75 bits per heavy atom. The van der Waals surface area contributed by atoms with E-state index in [-0.39, 0.29) is 0 Å². The number of rotatable bonds is 1. The second kappa shape index (κ2) is 4.87. The first kappa shape index (κ1) is 13.4. The molecule has 1 N–H and O–H groups in total. The molecule has 4 aliphatic carbocycles. The summed E-state index contributed by atoms with van der Waals surface area (Å²) in [6.45, 7) is 2.94. The fourth-order valence-corrected chi connectivity index (χ4v) is 6.60. The molecule has 0 aliphatic heterocycles. The van der Waals surface area contributed by atoms with E-state index in [0.29, 0.717) is 17.9 Å². The second-order valence-electron chi connectivity index (χ2n) is 8.25. The molecule has 0 aromatic rings. The third-order valence-electron chi connectivity index (χ3n) is 7.71. The molecule has 1 nitrogen and oxygen atoms in total. The largest absolute Gasteiger partial charge is 0.396 e. The van der Waals surface area contributed by atoms with E-state index in [4.69, 9.17) is 0 Å². The highest BCUT2D eigenvalue weighted by Crippen LogP contribution is 2.62. The maximum Gasteiger partial charge on any atom is 0.0464 e. The van der Waals surface area contributed by atoms with Crippen molar-refractivity contribution in [1.82, 2.24) is 0 Å². The molecule has 4 rings (SSSR count). The van der Waals surface area contributed by atoms with Crippen molar-refractivity contribution in [3.05, 3.63) is 11.1 Å². The number of hydrogen-bond acceptors (Lipinski definition) is 1. The smallest absolute Gasteiger partial charge is 0.0464 e. The molecule has 5 atom stereocenters. The average molecular weight is 274 g/mol. The van der Waals surface area contributed by atoms with Gasteiger partial charge >= 0.3 is 0 Å². The second-order valence-corrected chi connectivity index (χ2v) is 8.25. The van der Waals surface area contributed by atoms with E-state index in [0.717, 1.165) is 17.8 Å². The predicted octanol–water partition coefficient (Wildman–Crippen LogP) is 4.70. The molecular weight excluding hydrogens is 244 g/mol. The van der Waals surface area contributed by atoms with Gasteiger partial charge in [-0.3, -0.25) is 0 Å². The summed E-state index contributed by atoms with van der Waals surface area (Å²) in [5.41, 5.74) is 4.25. The van der Waals surface area contributed by atoms with Crippen molar-refractivity contribution in [2.24, 2.45) is 29.1 Å². The van der Waals surface area contributed by atoms with Crippen LogP contribution in [0.3, 0.4) is 0 Å². The standard InChI is InChI=1S/C19H30O/c1-19-11-10-16-15-5-3-2-4-13(15)6-8-17(16)18(19)9-7-14(19)12-20/h14,16-18,20H,2-12H2,1H3/t14-,16+,17+,18+,19+/m0/s1. The number of allylic oxidation sites excluding steroid dienone is 2. The lowest BCUT2D eigenvalue weighted by Crippen LogP contribution is -2.44. The summed E-state index contributed by atoms with van der Waals surface area (Å²) in [5, 5.41) is 9.74. The minimum absolute atomic E-state index is 0.429. The highest BCUT2D eigenvalue weighted by atomic mass is 16.3. The van der Waals surface area contributed by atoms with Crippen LogP contribution in [0.2, 0.25) is 0 Å². The topological polar surface area (TPSA) is 20.2 Å². The fourth-order valence-electron chi connectivity index (χ4n) is 6.60. The Morgan fingerprint density at radius 2 is 1.90 bits per heavy atom. The Morgan fingerprint density at radius 1 is 1.05 bits per heavy atom. The first-order chi connectivity index (χ1) is 9.74. The monoisotopic (exact) mass is 274 g/mol. The zero-order chi connectivity index (χ0) is 13.7. The Balaban J connectivity index is 1.63. The molecule has 0 radical (unpaired) electrons. The van der Waals surface area contributed by atoms with Crippen LogP contribution in [0.1, 0.15) is 71.1 Å². The molecule has 20 heavy (non-hydrogen) atoms. The third-order valence-corrected chi connectivity index (χ3v) is 7.71. The maximum absolute atomic E-state index is 9.74. The zero-order valence-electron chi connectivity index (χ0n) is 13.0. The van der Waals surface area contributed by atoms with Crippen LogP contribution < -0.4 is 0 Å². The first-order valence-corrected chi connectivity index (χ1v) is 9.05. The van der Waals surface area contributed by atoms with E-state index in [1.807, 2.05) is 11.1 Å². The van der Waals surface area contributed by atoms with Gasteiger partial charge in [-0.2, -0.15) is 0 Å². The van der Waals surface area contributed by atoms with Gasteiger partial charge in [-0.05, 0) is 93.3 Å².